The van der Waals surface area contributed by atoms with E-state index >= 15 is 0 Å². The highest BCUT2D eigenvalue weighted by Gasteiger charge is 2.43. The maximum atomic E-state index is 13.6. The molecule has 4 heterocycles. The first-order valence-electron chi connectivity index (χ1n) is 16.5. The van der Waals surface area contributed by atoms with Gasteiger partial charge in [-0.2, -0.15) is 5.10 Å². The molecule has 46 heavy (non-hydrogen) atoms. The van der Waals surface area contributed by atoms with Crippen molar-refractivity contribution in [1.29, 1.82) is 0 Å². The van der Waals surface area contributed by atoms with Crippen LogP contribution in [0.4, 0.5) is 16.3 Å². The molecule has 2 fully saturated rings. The fraction of sp³-hybridized carbons (Fsp3) is 0.395. The van der Waals surface area contributed by atoms with Gasteiger partial charge < -0.3 is 15.0 Å². The molecule has 2 saturated heterocycles. The predicted octanol–water partition coefficient (Wildman–Crippen LogP) is 7.68. The van der Waals surface area contributed by atoms with Crippen molar-refractivity contribution in [3.63, 3.8) is 0 Å². The molecule has 4 aromatic rings. The summed E-state index contributed by atoms with van der Waals surface area (Å²) in [4.78, 5) is 29.0. The van der Waals surface area contributed by atoms with E-state index in [9.17, 15) is 9.59 Å². The van der Waals surface area contributed by atoms with Gasteiger partial charge in [0.1, 0.15) is 11.6 Å². The van der Waals surface area contributed by atoms with Gasteiger partial charge in [0.2, 0.25) is 0 Å². The summed E-state index contributed by atoms with van der Waals surface area (Å²) in [6.45, 7) is 9.08. The van der Waals surface area contributed by atoms with Crippen LogP contribution in [-0.2, 0) is 18.3 Å². The summed E-state index contributed by atoms with van der Waals surface area (Å²) in [5, 5.41) is 10.9. The van der Waals surface area contributed by atoms with Gasteiger partial charge in [-0.15, -0.1) is 0 Å². The fourth-order valence-electron chi connectivity index (χ4n) is 7.36. The summed E-state index contributed by atoms with van der Waals surface area (Å²) >= 11 is 0. The van der Waals surface area contributed by atoms with Crippen LogP contribution in [0.25, 0.3) is 5.69 Å². The fourth-order valence-corrected chi connectivity index (χ4v) is 7.36. The lowest BCUT2D eigenvalue weighted by Gasteiger charge is -2.39. The molecule has 2 unspecified atom stereocenters. The van der Waals surface area contributed by atoms with Crippen molar-refractivity contribution >= 4 is 23.4 Å². The molecule has 7 rings (SSSR count). The number of nitrogens with one attached hydrogen (secondary N) is 2. The molecule has 2 N–H and O–H groups in total. The maximum Gasteiger partial charge on any atom is 0.324 e. The maximum absolute atomic E-state index is 13.6. The van der Waals surface area contributed by atoms with Gasteiger partial charge in [0.05, 0.1) is 18.0 Å². The molecule has 238 valence electrons. The number of urea groups is 1. The van der Waals surface area contributed by atoms with Crippen molar-refractivity contribution in [3.05, 3.63) is 101 Å². The van der Waals surface area contributed by atoms with Crippen molar-refractivity contribution in [2.24, 2.45) is 5.92 Å². The highest BCUT2D eigenvalue weighted by molar-refractivity contribution is 5.99. The number of hydrogen-bond acceptors (Lipinski definition) is 4. The third-order valence-corrected chi connectivity index (χ3v) is 9.71. The number of anilines is 2. The molecule has 3 aliphatic rings. The zero-order chi connectivity index (χ0) is 32.0. The Morgan fingerprint density at radius 3 is 2.43 bits per heavy atom. The van der Waals surface area contributed by atoms with Crippen molar-refractivity contribution < 1.29 is 14.3 Å². The van der Waals surface area contributed by atoms with Gasteiger partial charge in [-0.05, 0) is 98.5 Å². The van der Waals surface area contributed by atoms with Crippen LogP contribution in [0, 0.1) is 12.8 Å². The number of benzene rings is 3. The molecule has 0 radical (unpaired) electrons. The first-order valence-corrected chi connectivity index (χ1v) is 16.5. The van der Waals surface area contributed by atoms with Gasteiger partial charge in [0.25, 0.3) is 5.91 Å². The molecular weight excluding hydrogens is 574 g/mol. The Morgan fingerprint density at radius 1 is 0.935 bits per heavy atom. The van der Waals surface area contributed by atoms with Gasteiger partial charge in [0, 0.05) is 41.2 Å². The number of carbonyl (C=O) groups excluding carboxylic acids is 2. The molecule has 3 aliphatic heterocycles. The number of carbonyl (C=O) groups is 2. The van der Waals surface area contributed by atoms with Gasteiger partial charge in [-0.3, -0.25) is 10.1 Å². The molecule has 2 atom stereocenters. The minimum absolute atomic E-state index is 0.163. The SMILES string of the molecule is Cc1ccc(-n2nc(C(C)(C)C)cc2NC(=O)Nc2cccc(CC3CC4CCC(C3)N4C(=O)c3ccc4c(c3)CCO4)c2)cc1. The van der Waals surface area contributed by atoms with Gasteiger partial charge in [-0.1, -0.05) is 50.6 Å². The standard InChI is InChI=1S/C38H43N5O3/c1-24-8-11-30(12-9-24)43-35(23-34(41-43)38(2,3)4)40-37(45)39-29-7-5-6-25(19-29)18-26-20-31-13-14-32(21-26)42(31)36(44)28-10-15-33-27(22-28)16-17-46-33/h5-12,15,19,22-23,26,31-32H,13-14,16-18,20-21H2,1-4H3,(H2,39,40,45). The Labute approximate surface area is 271 Å². The molecule has 0 aliphatic carbocycles. The highest BCUT2D eigenvalue weighted by Crippen LogP contribution is 2.41. The summed E-state index contributed by atoms with van der Waals surface area (Å²) < 4.78 is 7.43. The quantitative estimate of drug-likeness (QED) is 0.232. The number of aromatic nitrogens is 2. The molecule has 2 bridgehead atoms. The van der Waals surface area contributed by atoms with E-state index in [1.807, 2.05) is 60.7 Å². The first-order chi connectivity index (χ1) is 22.1. The van der Waals surface area contributed by atoms with Crippen LogP contribution in [0.2, 0.25) is 0 Å². The molecular formula is C38H43N5O3. The number of amides is 3. The normalized spacial score (nSPS) is 20.3. The summed E-state index contributed by atoms with van der Waals surface area (Å²) in [6.07, 6.45) is 5.95. The number of ether oxygens (including phenoxy) is 1. The van der Waals surface area contributed by atoms with E-state index in [-0.39, 0.29) is 29.4 Å². The van der Waals surface area contributed by atoms with E-state index in [0.29, 0.717) is 18.3 Å². The number of nitrogens with zero attached hydrogens (tertiary/aromatic N) is 3. The van der Waals surface area contributed by atoms with Gasteiger partial charge in [0.15, 0.2) is 0 Å². The molecule has 3 aromatic carbocycles. The number of rotatable bonds is 6. The molecule has 8 heteroatoms. The van der Waals surface area contributed by atoms with Crippen molar-refractivity contribution in [2.45, 2.75) is 83.7 Å². The number of fused-ring (bicyclic) bond motifs is 3. The Kier molecular flexibility index (Phi) is 7.83. The van der Waals surface area contributed by atoms with Gasteiger partial charge >= 0.3 is 6.03 Å². The lowest BCUT2D eigenvalue weighted by Crippen LogP contribution is -2.46. The average molecular weight is 618 g/mol. The lowest BCUT2D eigenvalue weighted by atomic mass is 9.85. The van der Waals surface area contributed by atoms with Crippen LogP contribution in [0.15, 0.2) is 72.8 Å². The summed E-state index contributed by atoms with van der Waals surface area (Å²) in [5.41, 5.74) is 6.66. The van der Waals surface area contributed by atoms with Crippen LogP contribution in [0.3, 0.4) is 0 Å². The number of piperidine rings is 1. The Balaban J connectivity index is 0.998. The smallest absolute Gasteiger partial charge is 0.324 e. The van der Waals surface area contributed by atoms with E-state index in [0.717, 1.165) is 78.0 Å². The Morgan fingerprint density at radius 2 is 1.70 bits per heavy atom. The minimum Gasteiger partial charge on any atom is -0.493 e. The Hall–Kier alpha value is -4.59. The lowest BCUT2D eigenvalue weighted by molar-refractivity contribution is 0.0524. The molecule has 8 nitrogen and oxygen atoms in total. The van der Waals surface area contributed by atoms with E-state index in [1.54, 1.807) is 4.68 Å². The topological polar surface area (TPSA) is 88.5 Å². The number of hydrogen-bond donors (Lipinski definition) is 2. The second kappa shape index (κ2) is 12.0. The average Bonchev–Trinajstić information content (AvgIpc) is 3.73. The molecule has 0 spiro atoms. The van der Waals surface area contributed by atoms with E-state index in [1.165, 1.54) is 5.56 Å². The van der Waals surface area contributed by atoms with Crippen LogP contribution in [-0.4, -0.2) is 45.3 Å². The second-order valence-corrected chi connectivity index (χ2v) is 14.3. The van der Waals surface area contributed by atoms with Crippen molar-refractivity contribution in [2.75, 3.05) is 17.2 Å². The van der Waals surface area contributed by atoms with Crippen LogP contribution < -0.4 is 15.4 Å². The van der Waals surface area contributed by atoms with Crippen molar-refractivity contribution in [1.82, 2.24) is 14.7 Å². The third-order valence-electron chi connectivity index (χ3n) is 9.71. The zero-order valence-corrected chi connectivity index (χ0v) is 27.2. The largest absolute Gasteiger partial charge is 0.493 e. The second-order valence-electron chi connectivity index (χ2n) is 14.3. The molecule has 1 aromatic heterocycles. The van der Waals surface area contributed by atoms with E-state index < -0.39 is 0 Å². The van der Waals surface area contributed by atoms with E-state index in [4.69, 9.17) is 9.84 Å². The number of aryl methyl sites for hydroxylation is 1. The highest BCUT2D eigenvalue weighted by atomic mass is 16.5. The zero-order valence-electron chi connectivity index (χ0n) is 27.2. The minimum atomic E-state index is -0.311. The van der Waals surface area contributed by atoms with Crippen LogP contribution >= 0.6 is 0 Å². The summed E-state index contributed by atoms with van der Waals surface area (Å²) in [7, 11) is 0. The van der Waals surface area contributed by atoms with Gasteiger partial charge in [-0.25, -0.2) is 9.48 Å². The Bertz CT molecular complexity index is 1760. The summed E-state index contributed by atoms with van der Waals surface area (Å²) in [6, 6.07) is 24.3. The predicted molar refractivity (Wildman–Crippen MR) is 181 cm³/mol. The van der Waals surface area contributed by atoms with Crippen LogP contribution in [0.5, 0.6) is 5.75 Å². The van der Waals surface area contributed by atoms with Crippen molar-refractivity contribution in [3.8, 4) is 11.4 Å². The monoisotopic (exact) mass is 617 g/mol. The molecule has 3 amide bonds. The third kappa shape index (κ3) is 6.13. The first kappa shape index (κ1) is 30.1. The van der Waals surface area contributed by atoms with E-state index in [2.05, 4.69) is 55.4 Å². The summed E-state index contributed by atoms with van der Waals surface area (Å²) in [5.74, 6) is 2.19. The van der Waals surface area contributed by atoms with Crippen LogP contribution in [0.1, 0.15) is 79.2 Å². The molecule has 0 saturated carbocycles.